The molecule has 0 atom stereocenters. The fourth-order valence-electron chi connectivity index (χ4n) is 3.11. The number of rotatable bonds is 9. The third-order valence-electron chi connectivity index (χ3n) is 4.94. The van der Waals surface area contributed by atoms with Crippen LogP contribution < -0.4 is 20.7 Å². The highest BCUT2D eigenvalue weighted by Gasteiger charge is 2.16. The maximum absolute atomic E-state index is 12.3. The van der Waals surface area contributed by atoms with Crippen molar-refractivity contribution in [1.82, 2.24) is 10.6 Å². The van der Waals surface area contributed by atoms with Gasteiger partial charge < -0.3 is 25.4 Å². The molecule has 0 saturated carbocycles. The minimum atomic E-state index is -0.590. The van der Waals surface area contributed by atoms with E-state index in [0.717, 1.165) is 28.0 Å². The van der Waals surface area contributed by atoms with Crippen molar-refractivity contribution in [3.63, 3.8) is 0 Å². The van der Waals surface area contributed by atoms with Crippen LogP contribution in [0.15, 0.2) is 36.4 Å². The lowest BCUT2D eigenvalue weighted by atomic mass is 10.1. The topological polar surface area (TPSA) is 106 Å². The molecule has 8 heteroatoms. The van der Waals surface area contributed by atoms with Crippen molar-refractivity contribution in [2.24, 2.45) is 0 Å². The van der Waals surface area contributed by atoms with E-state index in [0.29, 0.717) is 12.2 Å². The van der Waals surface area contributed by atoms with E-state index in [1.165, 1.54) is 0 Å². The number of benzene rings is 2. The van der Waals surface area contributed by atoms with Gasteiger partial charge in [0.05, 0.1) is 0 Å². The summed E-state index contributed by atoms with van der Waals surface area (Å²) in [4.78, 5) is 36.1. The average molecular weight is 470 g/mol. The molecule has 0 heterocycles. The molecule has 0 fully saturated rings. The third-order valence-corrected chi connectivity index (χ3v) is 4.94. The van der Waals surface area contributed by atoms with Gasteiger partial charge in [0.15, 0.2) is 6.61 Å². The first-order valence-corrected chi connectivity index (χ1v) is 11.3. The molecule has 0 aromatic heterocycles. The number of carbonyl (C=O) groups is 3. The number of ether oxygens (including phenoxy) is 2. The Bertz CT molecular complexity index is 1030. The van der Waals surface area contributed by atoms with E-state index >= 15 is 0 Å². The van der Waals surface area contributed by atoms with E-state index in [-0.39, 0.29) is 31.4 Å². The Hall–Kier alpha value is -3.55. The smallest absolute Gasteiger partial charge is 0.407 e. The summed E-state index contributed by atoms with van der Waals surface area (Å²) in [5.41, 5.74) is 3.98. The highest BCUT2D eigenvalue weighted by molar-refractivity contribution is 5.91. The zero-order valence-electron chi connectivity index (χ0n) is 20.8. The SMILES string of the molecule is Cc1ccc(C)c(OCC(=O)NCc2cccc(NC(=O)CCNC(=O)OC(C)(C)C)c2)c1C. The number of hydrogen-bond acceptors (Lipinski definition) is 5. The molecule has 2 aromatic carbocycles. The van der Waals surface area contributed by atoms with Crippen LogP contribution >= 0.6 is 0 Å². The summed E-state index contributed by atoms with van der Waals surface area (Å²) < 4.78 is 10.9. The van der Waals surface area contributed by atoms with Gasteiger partial charge in [0.1, 0.15) is 11.4 Å². The van der Waals surface area contributed by atoms with Crippen LogP contribution in [-0.2, 0) is 20.9 Å². The van der Waals surface area contributed by atoms with Crippen LogP contribution in [0.2, 0.25) is 0 Å². The second-order valence-electron chi connectivity index (χ2n) is 9.15. The summed E-state index contributed by atoms with van der Waals surface area (Å²) in [6, 6.07) is 11.2. The fraction of sp³-hybridized carbons (Fsp3) is 0.423. The van der Waals surface area contributed by atoms with Crippen molar-refractivity contribution in [1.29, 1.82) is 0 Å². The predicted molar refractivity (Wildman–Crippen MR) is 132 cm³/mol. The molecule has 2 aromatic rings. The number of anilines is 1. The zero-order chi connectivity index (χ0) is 25.3. The highest BCUT2D eigenvalue weighted by atomic mass is 16.6. The molecule has 0 aliphatic carbocycles. The minimum absolute atomic E-state index is 0.0772. The average Bonchev–Trinajstić information content (AvgIpc) is 2.74. The molecule has 0 aliphatic heterocycles. The molecule has 0 spiro atoms. The first-order valence-electron chi connectivity index (χ1n) is 11.3. The predicted octanol–water partition coefficient (Wildman–Crippen LogP) is 4.16. The summed E-state index contributed by atoms with van der Waals surface area (Å²) in [6.45, 7) is 11.6. The van der Waals surface area contributed by atoms with Crippen molar-refractivity contribution in [3.8, 4) is 5.75 Å². The van der Waals surface area contributed by atoms with E-state index in [2.05, 4.69) is 16.0 Å². The second kappa shape index (κ2) is 12.1. The Morgan fingerprint density at radius 2 is 1.62 bits per heavy atom. The molecule has 0 saturated heterocycles. The number of carbonyl (C=O) groups excluding carboxylic acids is 3. The lowest BCUT2D eigenvalue weighted by Crippen LogP contribution is -2.34. The quantitative estimate of drug-likeness (QED) is 0.511. The summed E-state index contributed by atoms with van der Waals surface area (Å²) in [5, 5.41) is 8.17. The third kappa shape index (κ3) is 9.13. The maximum Gasteiger partial charge on any atom is 0.407 e. The molecule has 184 valence electrons. The summed E-state index contributed by atoms with van der Waals surface area (Å²) in [5.74, 6) is 0.263. The molecule has 0 bridgehead atoms. The van der Waals surface area contributed by atoms with Crippen LogP contribution in [0, 0.1) is 20.8 Å². The van der Waals surface area contributed by atoms with E-state index in [1.807, 2.05) is 39.0 Å². The standard InChI is InChI=1S/C26H35N3O5/c1-17-10-11-18(2)24(19(17)3)33-16-23(31)28-15-20-8-7-9-21(14-20)29-22(30)12-13-27-25(32)34-26(4,5)6/h7-11,14H,12-13,15-16H2,1-6H3,(H,27,32)(H,28,31)(H,29,30). The van der Waals surface area contributed by atoms with Crippen molar-refractivity contribution in [3.05, 3.63) is 58.7 Å². The van der Waals surface area contributed by atoms with Crippen LogP contribution in [0.5, 0.6) is 5.75 Å². The number of amides is 3. The first kappa shape index (κ1) is 26.7. The molecule has 3 N–H and O–H groups in total. The minimum Gasteiger partial charge on any atom is -0.483 e. The fourth-order valence-corrected chi connectivity index (χ4v) is 3.11. The van der Waals surface area contributed by atoms with Crippen LogP contribution in [0.3, 0.4) is 0 Å². The number of aryl methyl sites for hydroxylation is 2. The molecular weight excluding hydrogens is 434 g/mol. The van der Waals surface area contributed by atoms with Crippen LogP contribution in [0.1, 0.15) is 49.4 Å². The largest absolute Gasteiger partial charge is 0.483 e. The zero-order valence-corrected chi connectivity index (χ0v) is 20.8. The molecule has 8 nitrogen and oxygen atoms in total. The van der Waals surface area contributed by atoms with E-state index in [4.69, 9.17) is 9.47 Å². The van der Waals surface area contributed by atoms with Gasteiger partial charge in [-0.2, -0.15) is 0 Å². The van der Waals surface area contributed by atoms with E-state index in [1.54, 1.807) is 39.0 Å². The van der Waals surface area contributed by atoms with E-state index < -0.39 is 11.7 Å². The van der Waals surface area contributed by atoms with Gasteiger partial charge in [-0.15, -0.1) is 0 Å². The van der Waals surface area contributed by atoms with Crippen molar-refractivity contribution in [2.75, 3.05) is 18.5 Å². The van der Waals surface area contributed by atoms with Crippen molar-refractivity contribution in [2.45, 2.75) is 60.1 Å². The summed E-state index contributed by atoms with van der Waals surface area (Å²) >= 11 is 0. The van der Waals surface area contributed by atoms with Crippen LogP contribution in [-0.4, -0.2) is 36.7 Å². The summed E-state index contributed by atoms with van der Waals surface area (Å²) in [7, 11) is 0. The number of hydrogen-bond donors (Lipinski definition) is 3. The van der Waals surface area contributed by atoms with Crippen molar-refractivity contribution >= 4 is 23.6 Å². The van der Waals surface area contributed by atoms with Gasteiger partial charge in [-0.3, -0.25) is 9.59 Å². The lowest BCUT2D eigenvalue weighted by molar-refractivity contribution is -0.123. The van der Waals surface area contributed by atoms with Gasteiger partial charge in [-0.05, 0) is 75.9 Å². The molecule has 2 rings (SSSR count). The van der Waals surface area contributed by atoms with Gasteiger partial charge in [-0.1, -0.05) is 24.3 Å². The van der Waals surface area contributed by atoms with Gasteiger partial charge in [0.25, 0.3) is 5.91 Å². The first-order chi connectivity index (χ1) is 15.9. The second-order valence-corrected chi connectivity index (χ2v) is 9.15. The highest BCUT2D eigenvalue weighted by Crippen LogP contribution is 2.25. The van der Waals surface area contributed by atoms with Crippen LogP contribution in [0.4, 0.5) is 10.5 Å². The lowest BCUT2D eigenvalue weighted by Gasteiger charge is -2.19. The molecule has 34 heavy (non-hydrogen) atoms. The summed E-state index contributed by atoms with van der Waals surface area (Å²) in [6.07, 6.45) is -0.454. The van der Waals surface area contributed by atoms with Crippen LogP contribution in [0.25, 0.3) is 0 Å². The Balaban J connectivity index is 1.77. The monoisotopic (exact) mass is 469 g/mol. The Morgan fingerprint density at radius 1 is 0.912 bits per heavy atom. The number of alkyl carbamates (subject to hydrolysis) is 1. The molecule has 0 unspecified atom stereocenters. The normalized spacial score (nSPS) is 10.9. The Labute approximate surface area is 201 Å². The van der Waals surface area contributed by atoms with Crippen molar-refractivity contribution < 1.29 is 23.9 Å². The molecule has 0 radical (unpaired) electrons. The van der Waals surface area contributed by atoms with Gasteiger partial charge in [0, 0.05) is 25.2 Å². The van der Waals surface area contributed by atoms with Gasteiger partial charge in [-0.25, -0.2) is 4.79 Å². The van der Waals surface area contributed by atoms with Gasteiger partial charge in [0.2, 0.25) is 5.91 Å². The van der Waals surface area contributed by atoms with Gasteiger partial charge >= 0.3 is 6.09 Å². The maximum atomic E-state index is 12.3. The molecule has 0 aliphatic rings. The molecule has 3 amide bonds. The van der Waals surface area contributed by atoms with E-state index in [9.17, 15) is 14.4 Å². The number of nitrogens with one attached hydrogen (secondary N) is 3. The Kier molecular flexibility index (Phi) is 9.47. The molecular formula is C26H35N3O5. The Morgan fingerprint density at radius 3 is 2.32 bits per heavy atom.